The van der Waals surface area contributed by atoms with Crippen LogP contribution >= 0.6 is 0 Å². The van der Waals surface area contributed by atoms with Crippen LogP contribution in [0.2, 0.25) is 0 Å². The second-order valence-electron chi connectivity index (χ2n) is 3.77. The van der Waals surface area contributed by atoms with Gasteiger partial charge >= 0.3 is 0 Å². The van der Waals surface area contributed by atoms with Crippen molar-refractivity contribution >= 4 is 5.69 Å². The fourth-order valence-electron chi connectivity index (χ4n) is 1.54. The molecule has 1 heterocycles. The molecule has 2 aromatic rings. The Labute approximate surface area is 94.9 Å². The first-order valence-corrected chi connectivity index (χ1v) is 5.12. The number of nitrogens with two attached hydrogens (primary N) is 1. The van der Waals surface area contributed by atoms with Crippen LogP contribution in [0.15, 0.2) is 36.5 Å². The Kier molecular flexibility index (Phi) is 2.77. The van der Waals surface area contributed by atoms with Crippen LogP contribution < -0.4 is 10.5 Å². The van der Waals surface area contributed by atoms with Gasteiger partial charge in [-0.25, -0.2) is 0 Å². The average Bonchev–Trinajstić information content (AvgIpc) is 2.20. The summed E-state index contributed by atoms with van der Waals surface area (Å²) in [5.74, 6) is 1.50. The van der Waals surface area contributed by atoms with Crippen molar-refractivity contribution in [2.75, 3.05) is 5.73 Å². The van der Waals surface area contributed by atoms with Gasteiger partial charge in [-0.05, 0) is 43.7 Å². The smallest absolute Gasteiger partial charge is 0.148 e. The zero-order chi connectivity index (χ0) is 11.5. The second kappa shape index (κ2) is 4.23. The zero-order valence-electron chi connectivity index (χ0n) is 9.40. The molecule has 3 heteroatoms. The summed E-state index contributed by atoms with van der Waals surface area (Å²) in [5, 5.41) is 0. The van der Waals surface area contributed by atoms with Crippen molar-refractivity contribution in [3.63, 3.8) is 0 Å². The minimum absolute atomic E-state index is 0.705. The molecule has 0 saturated heterocycles. The van der Waals surface area contributed by atoms with Crippen LogP contribution in [0.3, 0.4) is 0 Å². The maximum atomic E-state index is 5.76. The van der Waals surface area contributed by atoms with Gasteiger partial charge < -0.3 is 10.5 Å². The molecule has 0 atom stereocenters. The molecule has 0 aliphatic carbocycles. The van der Waals surface area contributed by atoms with E-state index in [2.05, 4.69) is 4.98 Å². The molecule has 1 aromatic carbocycles. The van der Waals surface area contributed by atoms with Crippen molar-refractivity contribution in [2.45, 2.75) is 13.8 Å². The highest BCUT2D eigenvalue weighted by Crippen LogP contribution is 2.26. The molecule has 0 unspecified atom stereocenters. The first kappa shape index (κ1) is 10.5. The van der Waals surface area contributed by atoms with E-state index in [0.717, 1.165) is 22.8 Å². The largest absolute Gasteiger partial charge is 0.455 e. The highest BCUT2D eigenvalue weighted by atomic mass is 16.5. The molecule has 2 rings (SSSR count). The summed E-state index contributed by atoms with van der Waals surface area (Å²) in [5.41, 5.74) is 8.40. The number of aromatic nitrogens is 1. The standard InChI is InChI=1S/C13H14N2O/c1-9-6-11(14)8-12(7-9)16-13-4-3-5-15-10(13)2/h3-8H,14H2,1-2H3. The predicted molar refractivity (Wildman–Crippen MR) is 64.6 cm³/mol. The number of benzene rings is 1. The molecule has 0 aliphatic rings. The van der Waals surface area contributed by atoms with Crippen LogP contribution in [-0.2, 0) is 0 Å². The molecule has 2 N–H and O–H groups in total. The van der Waals surface area contributed by atoms with Gasteiger partial charge in [-0.1, -0.05) is 0 Å². The topological polar surface area (TPSA) is 48.1 Å². The lowest BCUT2D eigenvalue weighted by atomic mass is 10.2. The summed E-state index contributed by atoms with van der Waals surface area (Å²) in [6.07, 6.45) is 1.74. The first-order valence-electron chi connectivity index (χ1n) is 5.12. The van der Waals surface area contributed by atoms with Crippen LogP contribution in [0.1, 0.15) is 11.3 Å². The average molecular weight is 214 g/mol. The normalized spacial score (nSPS) is 10.1. The lowest BCUT2D eigenvalue weighted by Crippen LogP contribution is -1.92. The van der Waals surface area contributed by atoms with E-state index in [1.807, 2.05) is 38.1 Å². The van der Waals surface area contributed by atoms with Gasteiger partial charge in [0.25, 0.3) is 0 Å². The maximum absolute atomic E-state index is 5.76. The third kappa shape index (κ3) is 2.31. The number of hydrogen-bond acceptors (Lipinski definition) is 3. The van der Waals surface area contributed by atoms with Crippen LogP contribution in [0.25, 0.3) is 0 Å². The molecular weight excluding hydrogens is 200 g/mol. The number of aryl methyl sites for hydroxylation is 2. The molecule has 82 valence electrons. The van der Waals surface area contributed by atoms with Gasteiger partial charge in [-0.2, -0.15) is 0 Å². The van der Waals surface area contributed by atoms with Crippen molar-refractivity contribution < 1.29 is 4.74 Å². The van der Waals surface area contributed by atoms with Crippen molar-refractivity contribution in [1.29, 1.82) is 0 Å². The summed E-state index contributed by atoms with van der Waals surface area (Å²) < 4.78 is 5.73. The molecule has 3 nitrogen and oxygen atoms in total. The van der Waals surface area contributed by atoms with Gasteiger partial charge in [0.1, 0.15) is 11.5 Å². The van der Waals surface area contributed by atoms with E-state index in [-0.39, 0.29) is 0 Å². The van der Waals surface area contributed by atoms with E-state index in [9.17, 15) is 0 Å². The molecule has 16 heavy (non-hydrogen) atoms. The zero-order valence-corrected chi connectivity index (χ0v) is 9.40. The molecule has 0 amide bonds. The maximum Gasteiger partial charge on any atom is 0.148 e. The molecular formula is C13H14N2O. The summed E-state index contributed by atoms with van der Waals surface area (Å²) in [7, 11) is 0. The number of anilines is 1. The molecule has 0 fully saturated rings. The van der Waals surface area contributed by atoms with Gasteiger partial charge in [0.15, 0.2) is 0 Å². The van der Waals surface area contributed by atoms with E-state index in [1.165, 1.54) is 0 Å². The van der Waals surface area contributed by atoms with E-state index in [1.54, 1.807) is 12.3 Å². The van der Waals surface area contributed by atoms with Crippen molar-refractivity contribution in [3.8, 4) is 11.5 Å². The molecule has 0 spiro atoms. The fraction of sp³-hybridized carbons (Fsp3) is 0.154. The molecule has 0 bridgehead atoms. The number of hydrogen-bond donors (Lipinski definition) is 1. The van der Waals surface area contributed by atoms with E-state index in [4.69, 9.17) is 10.5 Å². The van der Waals surface area contributed by atoms with Crippen molar-refractivity contribution in [3.05, 3.63) is 47.8 Å². The van der Waals surface area contributed by atoms with Crippen LogP contribution in [0.5, 0.6) is 11.5 Å². The molecule has 1 aromatic heterocycles. The molecule has 0 saturated carbocycles. The molecule has 0 aliphatic heterocycles. The Bertz CT molecular complexity index is 489. The van der Waals surface area contributed by atoms with Gasteiger partial charge in [0.2, 0.25) is 0 Å². The van der Waals surface area contributed by atoms with Crippen LogP contribution in [-0.4, -0.2) is 4.98 Å². The Hall–Kier alpha value is -2.03. The van der Waals surface area contributed by atoms with E-state index in [0.29, 0.717) is 5.69 Å². The first-order chi connectivity index (χ1) is 7.65. The Morgan fingerprint density at radius 1 is 1.19 bits per heavy atom. The van der Waals surface area contributed by atoms with Crippen molar-refractivity contribution in [2.24, 2.45) is 0 Å². The van der Waals surface area contributed by atoms with Crippen LogP contribution in [0, 0.1) is 13.8 Å². The quantitative estimate of drug-likeness (QED) is 0.781. The molecule has 0 radical (unpaired) electrons. The number of ether oxygens (including phenoxy) is 1. The van der Waals surface area contributed by atoms with E-state index < -0.39 is 0 Å². The Morgan fingerprint density at radius 2 is 2.00 bits per heavy atom. The number of nitrogen functional groups attached to an aromatic ring is 1. The number of pyridine rings is 1. The third-order valence-corrected chi connectivity index (χ3v) is 2.26. The number of nitrogens with zero attached hydrogens (tertiary/aromatic N) is 1. The van der Waals surface area contributed by atoms with Crippen molar-refractivity contribution in [1.82, 2.24) is 4.98 Å². The summed E-state index contributed by atoms with van der Waals surface area (Å²) >= 11 is 0. The lowest BCUT2D eigenvalue weighted by molar-refractivity contribution is 0.475. The summed E-state index contributed by atoms with van der Waals surface area (Å²) in [6, 6.07) is 9.40. The summed E-state index contributed by atoms with van der Waals surface area (Å²) in [4.78, 5) is 4.16. The Balaban J connectivity index is 2.30. The SMILES string of the molecule is Cc1cc(N)cc(Oc2cccnc2C)c1. The fourth-order valence-corrected chi connectivity index (χ4v) is 1.54. The third-order valence-electron chi connectivity index (χ3n) is 2.26. The summed E-state index contributed by atoms with van der Waals surface area (Å²) in [6.45, 7) is 3.90. The lowest BCUT2D eigenvalue weighted by Gasteiger charge is -2.09. The predicted octanol–water partition coefficient (Wildman–Crippen LogP) is 3.07. The second-order valence-corrected chi connectivity index (χ2v) is 3.77. The van der Waals surface area contributed by atoms with Gasteiger partial charge in [-0.3, -0.25) is 4.98 Å². The monoisotopic (exact) mass is 214 g/mol. The minimum Gasteiger partial charge on any atom is -0.455 e. The van der Waals surface area contributed by atoms with Crippen LogP contribution in [0.4, 0.5) is 5.69 Å². The van der Waals surface area contributed by atoms with Gasteiger partial charge in [0, 0.05) is 18.0 Å². The van der Waals surface area contributed by atoms with Gasteiger partial charge in [0.05, 0.1) is 5.69 Å². The highest BCUT2D eigenvalue weighted by molar-refractivity contribution is 5.48. The van der Waals surface area contributed by atoms with Gasteiger partial charge in [-0.15, -0.1) is 0 Å². The van der Waals surface area contributed by atoms with E-state index >= 15 is 0 Å². The Morgan fingerprint density at radius 3 is 2.69 bits per heavy atom. The minimum atomic E-state index is 0.705. The number of rotatable bonds is 2. The highest BCUT2D eigenvalue weighted by Gasteiger charge is 2.02.